The molecule has 1 aromatic heterocycles. The van der Waals surface area contributed by atoms with Gasteiger partial charge in [-0.2, -0.15) is 4.98 Å². The molecule has 1 heterocycles. The Labute approximate surface area is 77.9 Å². The summed E-state index contributed by atoms with van der Waals surface area (Å²) in [7, 11) is 0. The summed E-state index contributed by atoms with van der Waals surface area (Å²) in [5, 5.41) is 0. The van der Waals surface area contributed by atoms with Gasteiger partial charge in [0.05, 0.1) is 6.20 Å². The average molecular weight is 197 g/mol. The number of oxazole rings is 1. The molecule has 0 radical (unpaired) electrons. The zero-order valence-electron chi connectivity index (χ0n) is 6.91. The summed E-state index contributed by atoms with van der Waals surface area (Å²) in [5.41, 5.74) is 0. The summed E-state index contributed by atoms with van der Waals surface area (Å²) < 4.78 is 35.4. The van der Waals surface area contributed by atoms with E-state index < -0.39 is 17.4 Å². The third kappa shape index (κ3) is 1.56. The van der Waals surface area contributed by atoms with Gasteiger partial charge in [-0.05, 0) is 12.1 Å². The van der Waals surface area contributed by atoms with Gasteiger partial charge in [-0.3, -0.25) is 0 Å². The molecule has 72 valence electrons. The van der Waals surface area contributed by atoms with Crippen LogP contribution in [0.1, 0.15) is 0 Å². The van der Waals surface area contributed by atoms with Crippen molar-refractivity contribution in [2.45, 2.75) is 0 Å². The molecule has 0 aliphatic rings. The summed E-state index contributed by atoms with van der Waals surface area (Å²) in [6, 6.07) is 3.41. The first-order valence-electron chi connectivity index (χ1n) is 3.79. The predicted octanol–water partition coefficient (Wildman–Crippen LogP) is 2.75. The third-order valence-corrected chi connectivity index (χ3v) is 1.52. The van der Waals surface area contributed by atoms with Crippen molar-refractivity contribution in [3.8, 4) is 11.8 Å². The fourth-order valence-corrected chi connectivity index (χ4v) is 0.928. The lowest BCUT2D eigenvalue weighted by molar-refractivity contribution is 0.304. The van der Waals surface area contributed by atoms with E-state index in [-0.39, 0.29) is 6.08 Å². The van der Waals surface area contributed by atoms with Crippen LogP contribution in [0, 0.1) is 11.6 Å². The van der Waals surface area contributed by atoms with Crippen molar-refractivity contribution in [2.24, 2.45) is 0 Å². The van der Waals surface area contributed by atoms with Gasteiger partial charge in [0.25, 0.3) is 0 Å². The predicted molar refractivity (Wildman–Crippen MR) is 42.9 cm³/mol. The second-order valence-electron chi connectivity index (χ2n) is 2.45. The molecule has 0 unspecified atom stereocenters. The molecule has 0 N–H and O–H groups in total. The van der Waals surface area contributed by atoms with Gasteiger partial charge in [0.15, 0.2) is 11.6 Å². The van der Waals surface area contributed by atoms with Gasteiger partial charge in [0.2, 0.25) is 5.75 Å². The van der Waals surface area contributed by atoms with E-state index in [1.807, 2.05) is 0 Å². The number of hydrogen-bond acceptors (Lipinski definition) is 3. The summed E-state index contributed by atoms with van der Waals surface area (Å²) in [6.45, 7) is 0. The third-order valence-electron chi connectivity index (χ3n) is 1.52. The first kappa shape index (κ1) is 8.68. The van der Waals surface area contributed by atoms with Gasteiger partial charge < -0.3 is 9.15 Å². The SMILES string of the molecule is Fc1cccc(F)c1Oc1ncco1. The Morgan fingerprint density at radius 2 is 1.93 bits per heavy atom. The molecule has 14 heavy (non-hydrogen) atoms. The minimum Gasteiger partial charge on any atom is -0.417 e. The Morgan fingerprint density at radius 1 is 1.21 bits per heavy atom. The van der Waals surface area contributed by atoms with Crippen LogP contribution in [0.3, 0.4) is 0 Å². The molecule has 0 aliphatic heterocycles. The first-order chi connectivity index (χ1) is 6.77. The highest BCUT2D eigenvalue weighted by Gasteiger charge is 2.12. The lowest BCUT2D eigenvalue weighted by Crippen LogP contribution is -1.91. The second-order valence-corrected chi connectivity index (χ2v) is 2.45. The molecule has 1 aromatic carbocycles. The molecule has 5 heteroatoms. The fraction of sp³-hybridized carbons (Fsp3) is 0. The molecule has 3 nitrogen and oxygen atoms in total. The maximum atomic E-state index is 13.0. The lowest BCUT2D eigenvalue weighted by Gasteiger charge is -2.02. The molecule has 2 aromatic rings. The zero-order chi connectivity index (χ0) is 9.97. The van der Waals surface area contributed by atoms with Crippen LogP contribution in [-0.4, -0.2) is 4.98 Å². The van der Waals surface area contributed by atoms with Crippen molar-refractivity contribution in [3.63, 3.8) is 0 Å². The van der Waals surface area contributed by atoms with Crippen molar-refractivity contribution in [1.82, 2.24) is 4.98 Å². The molecule has 0 aliphatic carbocycles. The highest BCUT2D eigenvalue weighted by molar-refractivity contribution is 5.27. The van der Waals surface area contributed by atoms with Crippen LogP contribution in [-0.2, 0) is 0 Å². The highest BCUT2D eigenvalue weighted by atomic mass is 19.1. The molecular weight excluding hydrogens is 192 g/mol. The average Bonchev–Trinajstić information content (AvgIpc) is 2.64. The van der Waals surface area contributed by atoms with Crippen molar-refractivity contribution >= 4 is 0 Å². The van der Waals surface area contributed by atoms with Gasteiger partial charge in [-0.25, -0.2) is 8.78 Å². The van der Waals surface area contributed by atoms with E-state index in [1.165, 1.54) is 18.5 Å². The minimum atomic E-state index is -0.803. The Balaban J connectivity index is 2.33. The van der Waals surface area contributed by atoms with E-state index in [1.54, 1.807) is 0 Å². The number of nitrogens with zero attached hydrogens (tertiary/aromatic N) is 1. The van der Waals surface area contributed by atoms with Gasteiger partial charge in [0.1, 0.15) is 6.26 Å². The van der Waals surface area contributed by atoms with Crippen molar-refractivity contribution in [1.29, 1.82) is 0 Å². The number of hydrogen-bond donors (Lipinski definition) is 0. The summed E-state index contributed by atoms with van der Waals surface area (Å²) in [4.78, 5) is 3.57. The number of aromatic nitrogens is 1. The zero-order valence-corrected chi connectivity index (χ0v) is 6.91. The maximum absolute atomic E-state index is 13.0. The van der Waals surface area contributed by atoms with Gasteiger partial charge in [-0.15, -0.1) is 0 Å². The Morgan fingerprint density at radius 3 is 2.50 bits per heavy atom. The largest absolute Gasteiger partial charge is 0.417 e. The van der Waals surface area contributed by atoms with Crippen molar-refractivity contribution in [2.75, 3.05) is 0 Å². The van der Waals surface area contributed by atoms with E-state index in [0.717, 1.165) is 12.1 Å². The second kappa shape index (κ2) is 3.45. The van der Waals surface area contributed by atoms with E-state index in [0.29, 0.717) is 0 Å². The summed E-state index contributed by atoms with van der Waals surface area (Å²) in [5.74, 6) is -2.12. The van der Waals surface area contributed by atoms with Gasteiger partial charge in [-0.1, -0.05) is 6.07 Å². The van der Waals surface area contributed by atoms with Crippen LogP contribution >= 0.6 is 0 Å². The monoisotopic (exact) mass is 197 g/mol. The highest BCUT2D eigenvalue weighted by Crippen LogP contribution is 2.25. The van der Waals surface area contributed by atoms with Crippen LogP contribution < -0.4 is 4.74 Å². The Hall–Kier alpha value is -1.91. The molecular formula is C9H5F2NO2. The number of rotatable bonds is 2. The topological polar surface area (TPSA) is 35.3 Å². The molecule has 0 fully saturated rings. The van der Waals surface area contributed by atoms with Crippen LogP contribution in [0.15, 0.2) is 35.1 Å². The van der Waals surface area contributed by atoms with E-state index in [2.05, 4.69) is 9.40 Å². The first-order valence-corrected chi connectivity index (χ1v) is 3.79. The number of halogens is 2. The van der Waals surface area contributed by atoms with E-state index >= 15 is 0 Å². The van der Waals surface area contributed by atoms with Gasteiger partial charge >= 0.3 is 6.08 Å². The molecule has 0 saturated carbocycles. The summed E-state index contributed by atoms with van der Waals surface area (Å²) in [6.07, 6.45) is 2.36. The molecule has 0 atom stereocenters. The van der Waals surface area contributed by atoms with Crippen LogP contribution in [0.2, 0.25) is 0 Å². The molecule has 0 amide bonds. The Kier molecular flexibility index (Phi) is 2.14. The van der Waals surface area contributed by atoms with E-state index in [4.69, 9.17) is 4.74 Å². The molecule has 2 rings (SSSR count). The normalized spacial score (nSPS) is 10.1. The molecule has 0 spiro atoms. The molecule has 0 bridgehead atoms. The Bertz CT molecular complexity index is 408. The van der Waals surface area contributed by atoms with Crippen LogP contribution in [0.25, 0.3) is 0 Å². The standard InChI is InChI=1S/C9H5F2NO2/c10-6-2-1-3-7(11)8(6)14-9-12-4-5-13-9/h1-5H. The van der Waals surface area contributed by atoms with Crippen LogP contribution in [0.5, 0.6) is 11.8 Å². The quantitative estimate of drug-likeness (QED) is 0.742. The van der Waals surface area contributed by atoms with Gasteiger partial charge in [0, 0.05) is 0 Å². The lowest BCUT2D eigenvalue weighted by atomic mass is 10.3. The summed E-state index contributed by atoms with van der Waals surface area (Å²) >= 11 is 0. The van der Waals surface area contributed by atoms with Crippen LogP contribution in [0.4, 0.5) is 8.78 Å². The number of benzene rings is 1. The molecule has 0 saturated heterocycles. The number of para-hydroxylation sites is 1. The van der Waals surface area contributed by atoms with Crippen molar-refractivity contribution < 1.29 is 17.9 Å². The fourth-order valence-electron chi connectivity index (χ4n) is 0.928. The van der Waals surface area contributed by atoms with Crippen molar-refractivity contribution in [3.05, 3.63) is 42.3 Å². The minimum absolute atomic E-state index is 0.200. The smallest absolute Gasteiger partial charge is 0.399 e. The van der Waals surface area contributed by atoms with E-state index in [9.17, 15) is 8.78 Å². The number of ether oxygens (including phenoxy) is 1. The maximum Gasteiger partial charge on any atom is 0.399 e.